The van der Waals surface area contributed by atoms with E-state index in [9.17, 15) is 4.79 Å². The third kappa shape index (κ3) is 3.48. The molecule has 0 aromatic carbocycles. The predicted octanol–water partition coefficient (Wildman–Crippen LogP) is 3.30. The Hall–Kier alpha value is -0.990. The van der Waals surface area contributed by atoms with Gasteiger partial charge in [-0.1, -0.05) is 41.0 Å². The molecule has 0 atom stereocenters. The standard InChI is InChI=1S/C14H26N2O/c1-6-7-8-16-14(17)12(9-10(2)3)13(15-16)11(4)5/h10-11,15H,6-9H2,1-5H3. The van der Waals surface area contributed by atoms with Crippen molar-refractivity contribution in [1.29, 1.82) is 0 Å². The van der Waals surface area contributed by atoms with Gasteiger partial charge in [0.05, 0.1) is 0 Å². The van der Waals surface area contributed by atoms with E-state index in [1.54, 1.807) is 4.68 Å². The fourth-order valence-corrected chi connectivity index (χ4v) is 2.10. The highest BCUT2D eigenvalue weighted by molar-refractivity contribution is 5.21. The molecule has 1 rings (SSSR count). The van der Waals surface area contributed by atoms with Crippen LogP contribution in [0.25, 0.3) is 0 Å². The third-order valence-corrected chi connectivity index (χ3v) is 3.01. The van der Waals surface area contributed by atoms with Crippen LogP contribution in [-0.4, -0.2) is 9.78 Å². The molecule has 0 spiro atoms. The van der Waals surface area contributed by atoms with Crippen LogP contribution in [-0.2, 0) is 13.0 Å². The first-order valence-electron chi connectivity index (χ1n) is 6.78. The molecule has 98 valence electrons. The summed E-state index contributed by atoms with van der Waals surface area (Å²) in [5, 5.41) is 3.29. The molecule has 1 N–H and O–H groups in total. The van der Waals surface area contributed by atoms with Crippen molar-refractivity contribution >= 4 is 0 Å². The van der Waals surface area contributed by atoms with Gasteiger partial charge in [0.25, 0.3) is 5.56 Å². The summed E-state index contributed by atoms with van der Waals surface area (Å²) in [6, 6.07) is 0. The molecule has 0 radical (unpaired) electrons. The Bertz CT molecular complexity index is 399. The van der Waals surface area contributed by atoms with Crippen LogP contribution in [0.4, 0.5) is 0 Å². The van der Waals surface area contributed by atoms with Crippen molar-refractivity contribution in [2.24, 2.45) is 5.92 Å². The Balaban J connectivity index is 3.07. The van der Waals surface area contributed by atoms with E-state index >= 15 is 0 Å². The highest BCUT2D eigenvalue weighted by Crippen LogP contribution is 2.17. The SMILES string of the molecule is CCCCn1[nH]c(C(C)C)c(CC(C)C)c1=O. The summed E-state index contributed by atoms with van der Waals surface area (Å²) in [6.45, 7) is 11.6. The molecule has 0 aliphatic carbocycles. The maximum atomic E-state index is 12.3. The van der Waals surface area contributed by atoms with Crippen LogP contribution >= 0.6 is 0 Å². The molecule has 0 fully saturated rings. The van der Waals surface area contributed by atoms with E-state index in [4.69, 9.17) is 0 Å². The lowest BCUT2D eigenvalue weighted by atomic mass is 9.98. The molecule has 0 aliphatic heterocycles. The van der Waals surface area contributed by atoms with Crippen LogP contribution in [0, 0.1) is 5.92 Å². The highest BCUT2D eigenvalue weighted by Gasteiger charge is 2.17. The number of aromatic nitrogens is 2. The smallest absolute Gasteiger partial charge is 0.269 e. The number of H-pyrrole nitrogens is 1. The number of nitrogens with zero attached hydrogens (tertiary/aromatic N) is 1. The minimum Gasteiger partial charge on any atom is -0.299 e. The van der Waals surface area contributed by atoms with Crippen molar-refractivity contribution < 1.29 is 0 Å². The van der Waals surface area contributed by atoms with Crippen molar-refractivity contribution in [3.63, 3.8) is 0 Å². The third-order valence-electron chi connectivity index (χ3n) is 3.01. The second-order valence-corrected chi connectivity index (χ2v) is 5.57. The van der Waals surface area contributed by atoms with Crippen molar-refractivity contribution in [2.75, 3.05) is 0 Å². The van der Waals surface area contributed by atoms with Crippen LogP contribution in [0.5, 0.6) is 0 Å². The quantitative estimate of drug-likeness (QED) is 0.811. The molecule has 1 heterocycles. The molecule has 0 unspecified atom stereocenters. The zero-order valence-corrected chi connectivity index (χ0v) is 11.8. The average molecular weight is 238 g/mol. The van der Waals surface area contributed by atoms with E-state index in [-0.39, 0.29) is 5.56 Å². The lowest BCUT2D eigenvalue weighted by Crippen LogP contribution is -2.20. The summed E-state index contributed by atoms with van der Waals surface area (Å²) in [5.41, 5.74) is 2.31. The normalized spacial score (nSPS) is 11.7. The molecule has 1 aromatic heterocycles. The van der Waals surface area contributed by atoms with Gasteiger partial charge in [-0.2, -0.15) is 0 Å². The number of unbranched alkanes of at least 4 members (excludes halogenated alkanes) is 1. The van der Waals surface area contributed by atoms with E-state index in [0.717, 1.165) is 37.1 Å². The first kappa shape index (κ1) is 14.1. The number of aryl methyl sites for hydroxylation is 1. The number of hydrogen-bond donors (Lipinski definition) is 1. The second-order valence-electron chi connectivity index (χ2n) is 5.57. The molecule has 3 heteroatoms. The first-order valence-corrected chi connectivity index (χ1v) is 6.78. The van der Waals surface area contributed by atoms with E-state index in [0.29, 0.717) is 11.8 Å². The van der Waals surface area contributed by atoms with Gasteiger partial charge in [-0.15, -0.1) is 0 Å². The number of nitrogens with one attached hydrogen (secondary N) is 1. The lowest BCUT2D eigenvalue weighted by molar-refractivity contribution is 0.547. The van der Waals surface area contributed by atoms with Crippen LogP contribution in [0.2, 0.25) is 0 Å². The molecule has 0 saturated carbocycles. The van der Waals surface area contributed by atoms with E-state index in [2.05, 4.69) is 39.7 Å². The van der Waals surface area contributed by atoms with Crippen molar-refractivity contribution in [2.45, 2.75) is 66.3 Å². The van der Waals surface area contributed by atoms with Gasteiger partial charge in [0, 0.05) is 17.8 Å². The average Bonchev–Trinajstić information content (AvgIpc) is 2.53. The molecule has 0 aliphatic rings. The Morgan fingerprint density at radius 2 is 1.88 bits per heavy atom. The van der Waals surface area contributed by atoms with E-state index in [1.807, 2.05) is 0 Å². The lowest BCUT2D eigenvalue weighted by Gasteiger charge is -2.07. The maximum absolute atomic E-state index is 12.3. The second kappa shape index (κ2) is 6.08. The predicted molar refractivity (Wildman–Crippen MR) is 72.6 cm³/mol. The molecule has 0 bridgehead atoms. The van der Waals surface area contributed by atoms with Gasteiger partial charge in [0.2, 0.25) is 0 Å². The fraction of sp³-hybridized carbons (Fsp3) is 0.786. The Kier molecular flexibility index (Phi) is 5.03. The fourth-order valence-electron chi connectivity index (χ4n) is 2.10. The molecule has 1 aromatic rings. The summed E-state index contributed by atoms with van der Waals surface area (Å²) in [4.78, 5) is 12.3. The molecule has 17 heavy (non-hydrogen) atoms. The summed E-state index contributed by atoms with van der Waals surface area (Å²) in [7, 11) is 0. The van der Waals surface area contributed by atoms with E-state index < -0.39 is 0 Å². The van der Waals surface area contributed by atoms with Gasteiger partial charge in [-0.05, 0) is 24.7 Å². The minimum absolute atomic E-state index is 0.191. The van der Waals surface area contributed by atoms with Crippen molar-refractivity contribution in [3.05, 3.63) is 21.6 Å². The largest absolute Gasteiger partial charge is 0.299 e. The number of rotatable bonds is 6. The van der Waals surface area contributed by atoms with Crippen LogP contribution < -0.4 is 5.56 Å². The maximum Gasteiger partial charge on any atom is 0.269 e. The molecule has 3 nitrogen and oxygen atoms in total. The van der Waals surface area contributed by atoms with Crippen molar-refractivity contribution in [1.82, 2.24) is 9.78 Å². The van der Waals surface area contributed by atoms with Crippen LogP contribution in [0.15, 0.2) is 4.79 Å². The van der Waals surface area contributed by atoms with Gasteiger partial charge in [0.15, 0.2) is 0 Å². The van der Waals surface area contributed by atoms with Gasteiger partial charge >= 0.3 is 0 Å². The molecular weight excluding hydrogens is 212 g/mol. The van der Waals surface area contributed by atoms with Crippen LogP contribution in [0.3, 0.4) is 0 Å². The van der Waals surface area contributed by atoms with E-state index in [1.165, 1.54) is 0 Å². The number of hydrogen-bond acceptors (Lipinski definition) is 1. The summed E-state index contributed by atoms with van der Waals surface area (Å²) >= 11 is 0. The molecular formula is C14H26N2O. The highest BCUT2D eigenvalue weighted by atomic mass is 16.1. The topological polar surface area (TPSA) is 37.8 Å². The minimum atomic E-state index is 0.191. The first-order chi connectivity index (χ1) is 7.97. The number of aromatic amines is 1. The monoisotopic (exact) mass is 238 g/mol. The van der Waals surface area contributed by atoms with Gasteiger partial charge in [-0.25, -0.2) is 0 Å². The zero-order chi connectivity index (χ0) is 13.0. The molecule has 0 amide bonds. The van der Waals surface area contributed by atoms with Crippen LogP contribution in [0.1, 0.15) is 64.6 Å². The summed E-state index contributed by atoms with van der Waals surface area (Å²) in [5.74, 6) is 0.912. The summed E-state index contributed by atoms with van der Waals surface area (Å²) < 4.78 is 1.79. The van der Waals surface area contributed by atoms with Gasteiger partial charge in [-0.3, -0.25) is 14.6 Å². The Labute approximate surface area is 104 Å². The molecule has 0 saturated heterocycles. The Morgan fingerprint density at radius 3 is 2.35 bits per heavy atom. The van der Waals surface area contributed by atoms with Crippen molar-refractivity contribution in [3.8, 4) is 0 Å². The van der Waals surface area contributed by atoms with Gasteiger partial charge in [0.1, 0.15) is 0 Å². The zero-order valence-electron chi connectivity index (χ0n) is 11.8. The van der Waals surface area contributed by atoms with Gasteiger partial charge < -0.3 is 0 Å². The Morgan fingerprint density at radius 1 is 1.24 bits per heavy atom. The summed E-state index contributed by atoms with van der Waals surface area (Å²) in [6.07, 6.45) is 3.04.